The third-order valence-corrected chi connectivity index (χ3v) is 6.94. The highest BCUT2D eigenvalue weighted by Crippen LogP contribution is 2.27. The standard InChI is InChI=1S/C28H42O4S/c1-22(2)17-18-28(3,4)27(30)32-20-14-10-8-6-5-7-9-13-19-31-24-21-26(29)33-25-16-12-11-15-23(24)25/h11-12,15-16,21-22H,5-10,13-14,17-20H2,1-4H3. The van der Waals surface area contributed by atoms with Crippen molar-refractivity contribution in [3.63, 3.8) is 0 Å². The van der Waals surface area contributed by atoms with E-state index in [1.54, 1.807) is 6.07 Å². The van der Waals surface area contributed by atoms with Crippen molar-refractivity contribution in [1.82, 2.24) is 0 Å². The Kier molecular flexibility index (Phi) is 11.9. The van der Waals surface area contributed by atoms with Crippen LogP contribution in [-0.2, 0) is 9.53 Å². The lowest BCUT2D eigenvalue weighted by Crippen LogP contribution is -2.27. The van der Waals surface area contributed by atoms with E-state index in [0.29, 0.717) is 24.9 Å². The molecule has 0 aliphatic carbocycles. The number of ether oxygens (including phenoxy) is 2. The second-order valence-electron chi connectivity index (χ2n) is 10.1. The average Bonchev–Trinajstić information content (AvgIpc) is 2.78. The van der Waals surface area contributed by atoms with Gasteiger partial charge < -0.3 is 9.47 Å². The van der Waals surface area contributed by atoms with Gasteiger partial charge in [-0.3, -0.25) is 9.59 Å². The van der Waals surface area contributed by atoms with Gasteiger partial charge in [0.25, 0.3) is 0 Å². The zero-order chi connectivity index (χ0) is 24.1. The van der Waals surface area contributed by atoms with Gasteiger partial charge in [0.1, 0.15) is 5.75 Å². The number of fused-ring (bicyclic) bond motifs is 1. The SMILES string of the molecule is CC(C)CCC(C)(C)C(=O)OCCCCCCCCCCOc1cc(=O)sc2ccccc12. The molecule has 0 aliphatic rings. The van der Waals surface area contributed by atoms with Crippen molar-refractivity contribution in [3.05, 3.63) is 39.9 Å². The average molecular weight is 475 g/mol. The minimum Gasteiger partial charge on any atom is -0.493 e. The first kappa shape index (κ1) is 27.4. The Hall–Kier alpha value is -1.88. The fourth-order valence-electron chi connectivity index (χ4n) is 3.76. The molecule has 0 spiro atoms. The van der Waals surface area contributed by atoms with E-state index in [0.717, 1.165) is 48.6 Å². The van der Waals surface area contributed by atoms with Crippen LogP contribution in [0.5, 0.6) is 5.75 Å². The lowest BCUT2D eigenvalue weighted by Gasteiger charge is -2.23. The van der Waals surface area contributed by atoms with Crippen LogP contribution >= 0.6 is 11.3 Å². The first-order valence-electron chi connectivity index (χ1n) is 12.6. The van der Waals surface area contributed by atoms with Crippen LogP contribution in [0, 0.1) is 11.3 Å². The lowest BCUT2D eigenvalue weighted by atomic mass is 9.85. The summed E-state index contributed by atoms with van der Waals surface area (Å²) in [6.07, 6.45) is 11.0. The molecule has 184 valence electrons. The zero-order valence-electron chi connectivity index (χ0n) is 21.0. The van der Waals surface area contributed by atoms with Gasteiger partial charge in [0.15, 0.2) is 0 Å². The Morgan fingerprint density at radius 3 is 2.21 bits per heavy atom. The second-order valence-corrected chi connectivity index (χ2v) is 11.1. The summed E-state index contributed by atoms with van der Waals surface area (Å²) in [5.74, 6) is 1.26. The van der Waals surface area contributed by atoms with Crippen LogP contribution in [0.4, 0.5) is 0 Å². The highest BCUT2D eigenvalue weighted by molar-refractivity contribution is 7.16. The monoisotopic (exact) mass is 474 g/mol. The number of esters is 1. The Labute approximate surface area is 203 Å². The van der Waals surface area contributed by atoms with Crippen molar-refractivity contribution in [2.24, 2.45) is 11.3 Å². The molecule has 33 heavy (non-hydrogen) atoms. The Morgan fingerprint density at radius 1 is 0.939 bits per heavy atom. The summed E-state index contributed by atoms with van der Waals surface area (Å²) in [5, 5.41) is 1.02. The van der Waals surface area contributed by atoms with Crippen molar-refractivity contribution >= 4 is 27.4 Å². The molecule has 0 saturated carbocycles. The molecule has 1 aromatic carbocycles. The molecular formula is C28H42O4S. The van der Waals surface area contributed by atoms with Crippen LogP contribution < -0.4 is 9.48 Å². The van der Waals surface area contributed by atoms with Crippen LogP contribution in [0.2, 0.25) is 0 Å². The van der Waals surface area contributed by atoms with Gasteiger partial charge in [0, 0.05) is 16.2 Å². The molecule has 0 fully saturated rings. The first-order chi connectivity index (χ1) is 15.8. The second kappa shape index (κ2) is 14.4. The summed E-state index contributed by atoms with van der Waals surface area (Å²) in [6.45, 7) is 9.55. The molecule has 2 aromatic rings. The third-order valence-electron chi connectivity index (χ3n) is 6.04. The van der Waals surface area contributed by atoms with Crippen molar-refractivity contribution < 1.29 is 14.3 Å². The van der Waals surface area contributed by atoms with Gasteiger partial charge in [0.05, 0.1) is 18.6 Å². The molecule has 0 radical (unpaired) electrons. The lowest BCUT2D eigenvalue weighted by molar-refractivity contribution is -0.154. The van der Waals surface area contributed by atoms with E-state index in [9.17, 15) is 9.59 Å². The number of hydrogen-bond donors (Lipinski definition) is 0. The highest BCUT2D eigenvalue weighted by atomic mass is 32.1. The molecular weight excluding hydrogens is 432 g/mol. The summed E-state index contributed by atoms with van der Waals surface area (Å²) in [7, 11) is 0. The largest absolute Gasteiger partial charge is 0.493 e. The van der Waals surface area contributed by atoms with E-state index in [-0.39, 0.29) is 16.1 Å². The van der Waals surface area contributed by atoms with E-state index >= 15 is 0 Å². The number of carbonyl (C=O) groups excluding carboxylic acids is 1. The van der Waals surface area contributed by atoms with Crippen molar-refractivity contribution in [3.8, 4) is 5.75 Å². The number of rotatable bonds is 16. The van der Waals surface area contributed by atoms with Gasteiger partial charge in [-0.25, -0.2) is 0 Å². The predicted octanol–water partition coefficient (Wildman–Crippen LogP) is 7.77. The Balaban J connectivity index is 1.47. The molecule has 1 heterocycles. The fourth-order valence-corrected chi connectivity index (χ4v) is 4.57. The van der Waals surface area contributed by atoms with Crippen LogP contribution in [0.1, 0.15) is 91.9 Å². The molecule has 0 bridgehead atoms. The van der Waals surface area contributed by atoms with E-state index in [2.05, 4.69) is 13.8 Å². The normalized spacial score (nSPS) is 11.8. The molecule has 4 nitrogen and oxygen atoms in total. The van der Waals surface area contributed by atoms with Gasteiger partial charge >= 0.3 is 5.97 Å². The molecule has 0 N–H and O–H groups in total. The smallest absolute Gasteiger partial charge is 0.311 e. The number of carbonyl (C=O) groups is 1. The minimum atomic E-state index is -0.376. The summed E-state index contributed by atoms with van der Waals surface area (Å²) in [5.41, 5.74) is -0.376. The summed E-state index contributed by atoms with van der Waals surface area (Å²) >= 11 is 1.26. The van der Waals surface area contributed by atoms with Crippen molar-refractivity contribution in [1.29, 1.82) is 0 Å². The summed E-state index contributed by atoms with van der Waals surface area (Å²) in [4.78, 5) is 24.1. The van der Waals surface area contributed by atoms with Gasteiger partial charge in [-0.05, 0) is 57.6 Å². The molecule has 5 heteroatoms. The topological polar surface area (TPSA) is 52.6 Å². The fraction of sp³-hybridized carbons (Fsp3) is 0.643. The predicted molar refractivity (Wildman–Crippen MR) is 139 cm³/mol. The molecule has 1 aromatic heterocycles. The molecule has 0 aliphatic heterocycles. The third kappa shape index (κ3) is 10.3. The Bertz CT molecular complexity index is 900. The van der Waals surface area contributed by atoms with Crippen molar-refractivity contribution in [2.75, 3.05) is 13.2 Å². The maximum Gasteiger partial charge on any atom is 0.311 e. The Morgan fingerprint density at radius 2 is 1.55 bits per heavy atom. The molecule has 0 atom stereocenters. The number of benzene rings is 1. The molecule has 0 saturated heterocycles. The minimum absolute atomic E-state index is 0.0355. The summed E-state index contributed by atoms with van der Waals surface area (Å²) in [6, 6.07) is 9.51. The van der Waals surface area contributed by atoms with Crippen LogP contribution in [0.15, 0.2) is 35.1 Å². The van der Waals surface area contributed by atoms with Crippen LogP contribution in [0.25, 0.3) is 10.1 Å². The molecule has 0 amide bonds. The maximum atomic E-state index is 12.3. The van der Waals surface area contributed by atoms with Gasteiger partial charge in [-0.1, -0.05) is 75.8 Å². The van der Waals surface area contributed by atoms with Gasteiger partial charge in [-0.15, -0.1) is 0 Å². The quantitative estimate of drug-likeness (QED) is 0.184. The van der Waals surface area contributed by atoms with Crippen LogP contribution in [0.3, 0.4) is 0 Å². The number of hydrogen-bond acceptors (Lipinski definition) is 5. The summed E-state index contributed by atoms with van der Waals surface area (Å²) < 4.78 is 12.4. The van der Waals surface area contributed by atoms with Crippen molar-refractivity contribution in [2.45, 2.75) is 91.9 Å². The number of unbranched alkanes of at least 4 members (excludes halogenated alkanes) is 7. The van der Waals surface area contributed by atoms with E-state index < -0.39 is 0 Å². The van der Waals surface area contributed by atoms with E-state index in [4.69, 9.17) is 9.47 Å². The first-order valence-corrected chi connectivity index (χ1v) is 13.4. The maximum absolute atomic E-state index is 12.3. The molecule has 0 unspecified atom stereocenters. The molecule has 2 rings (SSSR count). The van der Waals surface area contributed by atoms with Crippen LogP contribution in [-0.4, -0.2) is 19.2 Å². The van der Waals surface area contributed by atoms with E-state index in [1.165, 1.54) is 37.0 Å². The zero-order valence-corrected chi connectivity index (χ0v) is 21.8. The van der Waals surface area contributed by atoms with E-state index in [1.807, 2.05) is 38.1 Å². The van der Waals surface area contributed by atoms with Gasteiger partial charge in [0.2, 0.25) is 4.74 Å². The highest BCUT2D eigenvalue weighted by Gasteiger charge is 2.28. The van der Waals surface area contributed by atoms with Gasteiger partial charge in [-0.2, -0.15) is 0 Å².